The molecular formula is C9H7NOS2. The van der Waals surface area contributed by atoms with Crippen molar-refractivity contribution in [1.29, 1.82) is 0 Å². The number of carbonyl (C=O) groups is 1. The summed E-state index contributed by atoms with van der Waals surface area (Å²) in [6.07, 6.45) is 0.799. The Labute approximate surface area is 83.9 Å². The molecule has 0 aliphatic carbocycles. The predicted molar refractivity (Wildman–Crippen MR) is 55.6 cm³/mol. The number of rotatable bonds is 2. The predicted octanol–water partition coefficient (Wildman–Crippen LogP) is 2.99. The van der Waals surface area contributed by atoms with E-state index in [1.165, 1.54) is 11.3 Å². The van der Waals surface area contributed by atoms with Gasteiger partial charge in [-0.1, -0.05) is 0 Å². The molecule has 66 valence electrons. The molecule has 0 amide bonds. The van der Waals surface area contributed by atoms with Crippen molar-refractivity contribution in [3.8, 4) is 11.3 Å². The molecule has 4 heteroatoms. The second-order valence-electron chi connectivity index (χ2n) is 2.59. The Kier molecular flexibility index (Phi) is 2.24. The van der Waals surface area contributed by atoms with E-state index in [0.29, 0.717) is 5.01 Å². The molecule has 13 heavy (non-hydrogen) atoms. The number of hydrogen-bond donors (Lipinski definition) is 0. The van der Waals surface area contributed by atoms with Crippen LogP contribution < -0.4 is 0 Å². The molecule has 0 saturated carbocycles. The van der Waals surface area contributed by atoms with E-state index in [9.17, 15) is 4.79 Å². The van der Waals surface area contributed by atoms with Crippen molar-refractivity contribution < 1.29 is 4.79 Å². The maximum Gasteiger partial charge on any atom is 0.178 e. The van der Waals surface area contributed by atoms with Gasteiger partial charge in [0.15, 0.2) is 11.3 Å². The topological polar surface area (TPSA) is 30.0 Å². The quantitative estimate of drug-likeness (QED) is 0.712. The molecule has 2 aromatic rings. The van der Waals surface area contributed by atoms with Gasteiger partial charge in [-0.15, -0.1) is 11.3 Å². The van der Waals surface area contributed by atoms with Gasteiger partial charge in [-0.3, -0.25) is 4.79 Å². The Morgan fingerprint density at radius 1 is 1.54 bits per heavy atom. The Bertz CT molecular complexity index is 417. The first-order chi connectivity index (χ1) is 6.31. The van der Waals surface area contributed by atoms with E-state index in [1.54, 1.807) is 11.3 Å². The summed E-state index contributed by atoms with van der Waals surface area (Å²) in [7, 11) is 0. The van der Waals surface area contributed by atoms with Crippen molar-refractivity contribution in [2.24, 2.45) is 0 Å². The molecule has 2 nitrogen and oxygen atoms in total. The lowest BCUT2D eigenvalue weighted by Gasteiger charge is -1.90. The van der Waals surface area contributed by atoms with E-state index < -0.39 is 0 Å². The molecule has 0 aromatic carbocycles. The zero-order chi connectivity index (χ0) is 9.26. The van der Waals surface area contributed by atoms with Crippen molar-refractivity contribution in [1.82, 2.24) is 4.98 Å². The standard InChI is InChI=1S/C9H7NOS2/c1-6-9(7-2-3-12-5-7)10-8(4-11)13-6/h2-5H,1H3. The highest BCUT2D eigenvalue weighted by molar-refractivity contribution is 7.13. The SMILES string of the molecule is Cc1sc(C=O)nc1-c1ccsc1. The third-order valence-corrected chi connectivity index (χ3v) is 3.29. The summed E-state index contributed by atoms with van der Waals surface area (Å²) in [5, 5.41) is 4.60. The third-order valence-electron chi connectivity index (χ3n) is 1.71. The van der Waals surface area contributed by atoms with Gasteiger partial charge < -0.3 is 0 Å². The summed E-state index contributed by atoms with van der Waals surface area (Å²) < 4.78 is 0. The monoisotopic (exact) mass is 209 g/mol. The van der Waals surface area contributed by atoms with E-state index in [-0.39, 0.29) is 0 Å². The average Bonchev–Trinajstić information content (AvgIpc) is 2.72. The highest BCUT2D eigenvalue weighted by Gasteiger charge is 2.08. The Morgan fingerprint density at radius 2 is 2.38 bits per heavy atom. The van der Waals surface area contributed by atoms with Gasteiger partial charge in [-0.25, -0.2) is 4.98 Å². The third kappa shape index (κ3) is 1.55. The van der Waals surface area contributed by atoms with E-state index >= 15 is 0 Å². The van der Waals surface area contributed by atoms with Crippen LogP contribution in [0.25, 0.3) is 11.3 Å². The largest absolute Gasteiger partial charge is 0.295 e. The molecule has 0 spiro atoms. The van der Waals surface area contributed by atoms with Crippen LogP contribution >= 0.6 is 22.7 Å². The zero-order valence-electron chi connectivity index (χ0n) is 6.98. The molecule has 0 aliphatic rings. The lowest BCUT2D eigenvalue weighted by Crippen LogP contribution is -1.78. The average molecular weight is 209 g/mol. The second-order valence-corrected chi connectivity index (χ2v) is 4.60. The lowest BCUT2D eigenvalue weighted by atomic mass is 10.2. The summed E-state index contributed by atoms with van der Waals surface area (Å²) in [6, 6.07) is 2.02. The van der Waals surface area contributed by atoms with Gasteiger partial charge in [-0.05, 0) is 18.4 Å². The van der Waals surface area contributed by atoms with Gasteiger partial charge in [-0.2, -0.15) is 11.3 Å². The van der Waals surface area contributed by atoms with Crippen molar-refractivity contribution in [2.75, 3.05) is 0 Å². The molecule has 2 heterocycles. The van der Waals surface area contributed by atoms with Crippen LogP contribution in [0.1, 0.15) is 14.7 Å². The molecule has 0 saturated heterocycles. The van der Waals surface area contributed by atoms with Crippen LogP contribution in [0, 0.1) is 6.92 Å². The maximum atomic E-state index is 10.5. The fourth-order valence-corrected chi connectivity index (χ4v) is 2.53. The Balaban J connectivity index is 2.52. The minimum atomic E-state index is 0.554. The first-order valence-corrected chi connectivity index (χ1v) is 5.52. The summed E-state index contributed by atoms with van der Waals surface area (Å²) in [5.41, 5.74) is 2.04. The first-order valence-electron chi connectivity index (χ1n) is 3.76. The Morgan fingerprint density at radius 3 is 2.92 bits per heavy atom. The zero-order valence-corrected chi connectivity index (χ0v) is 8.61. The van der Waals surface area contributed by atoms with Crippen LogP contribution in [-0.4, -0.2) is 11.3 Å². The number of aryl methyl sites for hydroxylation is 1. The molecule has 0 bridgehead atoms. The number of carbonyl (C=O) groups excluding carboxylic acids is 1. The highest BCUT2D eigenvalue weighted by Crippen LogP contribution is 2.28. The number of nitrogens with zero attached hydrogens (tertiary/aromatic N) is 1. The molecule has 0 radical (unpaired) electrons. The van der Waals surface area contributed by atoms with E-state index in [2.05, 4.69) is 4.98 Å². The van der Waals surface area contributed by atoms with Crippen LogP contribution in [0.4, 0.5) is 0 Å². The highest BCUT2D eigenvalue weighted by atomic mass is 32.1. The van der Waals surface area contributed by atoms with Gasteiger partial charge in [0.2, 0.25) is 0 Å². The summed E-state index contributed by atoms with van der Waals surface area (Å²) >= 11 is 3.07. The van der Waals surface area contributed by atoms with Crippen molar-refractivity contribution >= 4 is 29.0 Å². The number of thiazole rings is 1. The normalized spacial score (nSPS) is 10.2. The molecule has 2 rings (SSSR count). The van der Waals surface area contributed by atoms with Gasteiger partial charge in [0, 0.05) is 15.8 Å². The first kappa shape index (κ1) is 8.59. The summed E-state index contributed by atoms with van der Waals surface area (Å²) in [6.45, 7) is 1.98. The van der Waals surface area contributed by atoms with Crippen LogP contribution in [0.5, 0.6) is 0 Å². The number of hydrogen-bond acceptors (Lipinski definition) is 4. The molecule has 0 unspecified atom stereocenters. The van der Waals surface area contributed by atoms with Crippen molar-refractivity contribution in [3.05, 3.63) is 26.7 Å². The fourth-order valence-electron chi connectivity index (χ4n) is 1.13. The number of aldehydes is 1. The van der Waals surface area contributed by atoms with Gasteiger partial charge >= 0.3 is 0 Å². The number of thiophene rings is 1. The maximum absolute atomic E-state index is 10.5. The molecule has 2 aromatic heterocycles. The fraction of sp³-hybridized carbons (Fsp3) is 0.111. The van der Waals surface area contributed by atoms with Crippen molar-refractivity contribution in [2.45, 2.75) is 6.92 Å². The van der Waals surface area contributed by atoms with E-state index in [1.807, 2.05) is 23.8 Å². The smallest absolute Gasteiger partial charge is 0.178 e. The van der Waals surface area contributed by atoms with E-state index in [4.69, 9.17) is 0 Å². The van der Waals surface area contributed by atoms with Crippen LogP contribution in [0.15, 0.2) is 16.8 Å². The van der Waals surface area contributed by atoms with Crippen molar-refractivity contribution in [3.63, 3.8) is 0 Å². The Hall–Kier alpha value is -1.00. The lowest BCUT2D eigenvalue weighted by molar-refractivity contribution is 0.112. The minimum absolute atomic E-state index is 0.554. The van der Waals surface area contributed by atoms with Gasteiger partial charge in [0.25, 0.3) is 0 Å². The van der Waals surface area contributed by atoms with Gasteiger partial charge in [0.05, 0.1) is 5.69 Å². The van der Waals surface area contributed by atoms with Crippen LogP contribution in [0.3, 0.4) is 0 Å². The molecule has 0 N–H and O–H groups in total. The van der Waals surface area contributed by atoms with E-state index in [0.717, 1.165) is 22.4 Å². The van der Waals surface area contributed by atoms with Gasteiger partial charge in [0.1, 0.15) is 0 Å². The van der Waals surface area contributed by atoms with Crippen LogP contribution in [-0.2, 0) is 0 Å². The summed E-state index contributed by atoms with van der Waals surface area (Å²) in [4.78, 5) is 15.8. The van der Waals surface area contributed by atoms with Crippen LogP contribution in [0.2, 0.25) is 0 Å². The number of aromatic nitrogens is 1. The second kappa shape index (κ2) is 3.40. The molecule has 0 fully saturated rings. The molecule has 0 atom stereocenters. The summed E-state index contributed by atoms with van der Waals surface area (Å²) in [5.74, 6) is 0. The minimum Gasteiger partial charge on any atom is -0.295 e. The molecular weight excluding hydrogens is 202 g/mol. The molecule has 0 aliphatic heterocycles.